The molecular weight excluding hydrogens is 307 g/mol. The van der Waals surface area contributed by atoms with Gasteiger partial charge in [0.15, 0.2) is 0 Å². The van der Waals surface area contributed by atoms with Crippen molar-refractivity contribution in [3.8, 4) is 0 Å². The first kappa shape index (κ1) is 18.3. The van der Waals surface area contributed by atoms with E-state index in [-0.39, 0.29) is 18.3 Å². The number of benzene rings is 1. The summed E-state index contributed by atoms with van der Waals surface area (Å²) in [5.74, 6) is 1.16. The number of aryl methyl sites for hydroxylation is 1. The molecule has 1 fully saturated rings. The highest BCUT2D eigenvalue weighted by Crippen LogP contribution is 2.25. The summed E-state index contributed by atoms with van der Waals surface area (Å²) in [4.78, 5) is 12.1. The van der Waals surface area contributed by atoms with Crippen LogP contribution in [0, 0.1) is 18.8 Å². The number of carbonyl (C=O) groups excluding carboxylic acids is 1. The fourth-order valence-electron chi connectivity index (χ4n) is 2.76. The van der Waals surface area contributed by atoms with Crippen LogP contribution in [0.4, 0.5) is 5.69 Å². The third-order valence-corrected chi connectivity index (χ3v) is 4.56. The van der Waals surface area contributed by atoms with Crippen molar-refractivity contribution >= 4 is 35.6 Å². The Morgan fingerprint density at radius 1 is 1.43 bits per heavy atom. The van der Waals surface area contributed by atoms with E-state index in [1.165, 1.54) is 12.8 Å². The summed E-state index contributed by atoms with van der Waals surface area (Å²) >= 11 is 6.07. The Kier molecular flexibility index (Phi) is 7.50. The Labute approximate surface area is 138 Å². The van der Waals surface area contributed by atoms with Crippen LogP contribution in [0.15, 0.2) is 18.2 Å². The average molecular weight is 331 g/mol. The van der Waals surface area contributed by atoms with Gasteiger partial charge in [0, 0.05) is 17.1 Å². The van der Waals surface area contributed by atoms with E-state index in [4.69, 9.17) is 11.6 Å². The van der Waals surface area contributed by atoms with Crippen LogP contribution in [0.1, 0.15) is 31.7 Å². The summed E-state index contributed by atoms with van der Waals surface area (Å²) in [5, 5.41) is 6.99. The Bertz CT molecular complexity index is 473. The molecule has 1 aromatic rings. The zero-order valence-corrected chi connectivity index (χ0v) is 14.2. The molecule has 1 heterocycles. The fraction of sp³-hybridized carbons (Fsp3) is 0.562. The molecule has 0 aromatic heterocycles. The summed E-state index contributed by atoms with van der Waals surface area (Å²) in [6.07, 6.45) is 2.92. The van der Waals surface area contributed by atoms with E-state index < -0.39 is 0 Å². The van der Waals surface area contributed by atoms with Crippen LogP contribution < -0.4 is 10.6 Å². The summed E-state index contributed by atoms with van der Waals surface area (Å²) in [5.41, 5.74) is 1.80. The van der Waals surface area contributed by atoms with Gasteiger partial charge in [0.25, 0.3) is 0 Å². The molecular formula is C16H24Cl2N2O. The van der Waals surface area contributed by atoms with Gasteiger partial charge >= 0.3 is 0 Å². The maximum atomic E-state index is 12.1. The Morgan fingerprint density at radius 2 is 2.10 bits per heavy atom. The molecule has 1 aromatic carbocycles. The SMILES string of the molecule is Cc1ccc(NC(=O)CC(C)C2CCNCC2)cc1Cl.Cl. The van der Waals surface area contributed by atoms with Gasteiger partial charge in [-0.05, 0) is 62.4 Å². The third kappa shape index (κ3) is 5.50. The van der Waals surface area contributed by atoms with E-state index in [9.17, 15) is 4.79 Å². The van der Waals surface area contributed by atoms with Crippen molar-refractivity contribution in [3.05, 3.63) is 28.8 Å². The lowest BCUT2D eigenvalue weighted by Gasteiger charge is -2.27. The van der Waals surface area contributed by atoms with Crippen molar-refractivity contribution in [2.75, 3.05) is 18.4 Å². The number of amides is 1. The number of piperidine rings is 1. The summed E-state index contributed by atoms with van der Waals surface area (Å²) in [7, 11) is 0. The van der Waals surface area contributed by atoms with E-state index in [0.29, 0.717) is 23.3 Å². The van der Waals surface area contributed by atoms with E-state index in [1.807, 2.05) is 25.1 Å². The first-order valence-corrected chi connectivity index (χ1v) is 7.71. The summed E-state index contributed by atoms with van der Waals surface area (Å²) in [6, 6.07) is 5.63. The lowest BCUT2D eigenvalue weighted by Crippen LogP contribution is -2.32. The molecule has 0 bridgehead atoms. The third-order valence-electron chi connectivity index (χ3n) is 4.15. The molecule has 0 saturated carbocycles. The predicted molar refractivity (Wildman–Crippen MR) is 91.4 cm³/mol. The summed E-state index contributed by atoms with van der Waals surface area (Å²) < 4.78 is 0. The van der Waals surface area contributed by atoms with E-state index in [2.05, 4.69) is 17.6 Å². The minimum absolute atomic E-state index is 0. The van der Waals surface area contributed by atoms with Crippen LogP contribution in [-0.2, 0) is 4.79 Å². The largest absolute Gasteiger partial charge is 0.326 e. The van der Waals surface area contributed by atoms with Crippen LogP contribution in [-0.4, -0.2) is 19.0 Å². The van der Waals surface area contributed by atoms with Crippen molar-refractivity contribution in [1.29, 1.82) is 0 Å². The number of carbonyl (C=O) groups is 1. The molecule has 1 aliphatic heterocycles. The van der Waals surface area contributed by atoms with Gasteiger partial charge in [0.1, 0.15) is 0 Å². The molecule has 2 rings (SSSR count). The molecule has 1 amide bonds. The quantitative estimate of drug-likeness (QED) is 0.874. The van der Waals surface area contributed by atoms with Gasteiger partial charge < -0.3 is 10.6 Å². The van der Waals surface area contributed by atoms with Crippen molar-refractivity contribution in [2.45, 2.75) is 33.1 Å². The van der Waals surface area contributed by atoms with Crippen LogP contribution in [0.25, 0.3) is 0 Å². The molecule has 1 aliphatic rings. The van der Waals surface area contributed by atoms with Gasteiger partial charge in [-0.15, -0.1) is 12.4 Å². The predicted octanol–water partition coefficient (Wildman–Crippen LogP) is 4.03. The van der Waals surface area contributed by atoms with E-state index in [1.54, 1.807) is 0 Å². The van der Waals surface area contributed by atoms with Crippen molar-refractivity contribution < 1.29 is 4.79 Å². The highest BCUT2D eigenvalue weighted by atomic mass is 35.5. The molecule has 5 heteroatoms. The van der Waals surface area contributed by atoms with Gasteiger partial charge in [-0.3, -0.25) is 4.79 Å². The number of anilines is 1. The van der Waals surface area contributed by atoms with Gasteiger partial charge in [0.05, 0.1) is 0 Å². The summed E-state index contributed by atoms with van der Waals surface area (Å²) in [6.45, 7) is 6.28. The second-order valence-electron chi connectivity index (χ2n) is 5.78. The molecule has 118 valence electrons. The maximum Gasteiger partial charge on any atom is 0.224 e. The molecule has 2 N–H and O–H groups in total. The maximum absolute atomic E-state index is 12.1. The number of halogens is 2. The first-order chi connectivity index (χ1) is 9.56. The lowest BCUT2D eigenvalue weighted by atomic mass is 9.84. The van der Waals surface area contributed by atoms with E-state index >= 15 is 0 Å². The normalized spacial score (nSPS) is 16.9. The van der Waals surface area contributed by atoms with Gasteiger partial charge in [-0.25, -0.2) is 0 Å². The molecule has 0 aliphatic carbocycles. The zero-order valence-electron chi connectivity index (χ0n) is 12.6. The minimum Gasteiger partial charge on any atom is -0.326 e. The molecule has 21 heavy (non-hydrogen) atoms. The molecule has 3 nitrogen and oxygen atoms in total. The van der Waals surface area contributed by atoms with Gasteiger partial charge in [-0.1, -0.05) is 24.6 Å². The highest BCUT2D eigenvalue weighted by Gasteiger charge is 2.22. The standard InChI is InChI=1S/C16H23ClN2O.ClH/c1-11-3-4-14(10-15(11)17)19-16(20)9-12(2)13-5-7-18-8-6-13;/h3-4,10,12-13,18H,5-9H2,1-2H3,(H,19,20);1H. The van der Waals surface area contributed by atoms with Gasteiger partial charge in [-0.2, -0.15) is 0 Å². The van der Waals surface area contributed by atoms with Crippen LogP contribution >= 0.6 is 24.0 Å². The lowest BCUT2D eigenvalue weighted by molar-refractivity contribution is -0.117. The molecule has 0 radical (unpaired) electrons. The van der Waals surface area contributed by atoms with Crippen LogP contribution in [0.3, 0.4) is 0 Å². The monoisotopic (exact) mass is 330 g/mol. The average Bonchev–Trinajstić information content (AvgIpc) is 2.44. The fourth-order valence-corrected chi connectivity index (χ4v) is 2.94. The number of hydrogen-bond donors (Lipinski definition) is 2. The van der Waals surface area contributed by atoms with Crippen molar-refractivity contribution in [2.24, 2.45) is 11.8 Å². The first-order valence-electron chi connectivity index (χ1n) is 7.33. The smallest absolute Gasteiger partial charge is 0.224 e. The molecule has 1 unspecified atom stereocenters. The van der Waals surface area contributed by atoms with Gasteiger partial charge in [0.2, 0.25) is 5.91 Å². The Hall–Kier alpha value is -0.770. The minimum atomic E-state index is 0. The highest BCUT2D eigenvalue weighted by molar-refractivity contribution is 6.31. The van der Waals surface area contributed by atoms with Crippen molar-refractivity contribution in [3.63, 3.8) is 0 Å². The van der Waals surface area contributed by atoms with Crippen LogP contribution in [0.5, 0.6) is 0 Å². The molecule has 1 atom stereocenters. The number of nitrogens with one attached hydrogen (secondary N) is 2. The second-order valence-corrected chi connectivity index (χ2v) is 6.19. The number of hydrogen-bond acceptors (Lipinski definition) is 2. The van der Waals surface area contributed by atoms with Crippen molar-refractivity contribution in [1.82, 2.24) is 5.32 Å². The second kappa shape index (κ2) is 8.62. The Balaban J connectivity index is 0.00000220. The van der Waals surface area contributed by atoms with Crippen LogP contribution in [0.2, 0.25) is 5.02 Å². The molecule has 1 saturated heterocycles. The topological polar surface area (TPSA) is 41.1 Å². The molecule has 0 spiro atoms. The Morgan fingerprint density at radius 3 is 2.71 bits per heavy atom. The van der Waals surface area contributed by atoms with E-state index in [0.717, 1.165) is 24.3 Å². The zero-order chi connectivity index (χ0) is 14.5. The number of rotatable bonds is 4.